The van der Waals surface area contributed by atoms with Gasteiger partial charge in [-0.25, -0.2) is 0 Å². The molecule has 1 heterocycles. The van der Waals surface area contributed by atoms with E-state index in [0.717, 1.165) is 10.9 Å². The van der Waals surface area contributed by atoms with Gasteiger partial charge in [-0.15, -0.1) is 0 Å². The SMILES string of the molecule is COC(=N)c1cnc2ccccc2c1. The van der Waals surface area contributed by atoms with E-state index in [1.54, 1.807) is 6.20 Å². The van der Waals surface area contributed by atoms with Crippen molar-refractivity contribution in [3.05, 3.63) is 42.1 Å². The van der Waals surface area contributed by atoms with Crippen molar-refractivity contribution < 1.29 is 4.74 Å². The molecule has 2 rings (SSSR count). The van der Waals surface area contributed by atoms with Gasteiger partial charge in [0.2, 0.25) is 5.90 Å². The number of para-hydroxylation sites is 1. The third kappa shape index (κ3) is 1.44. The molecule has 0 amide bonds. The van der Waals surface area contributed by atoms with E-state index in [9.17, 15) is 0 Å². The van der Waals surface area contributed by atoms with Crippen LogP contribution < -0.4 is 0 Å². The minimum atomic E-state index is 0.142. The van der Waals surface area contributed by atoms with E-state index < -0.39 is 0 Å². The third-order valence-electron chi connectivity index (χ3n) is 2.06. The monoisotopic (exact) mass is 186 g/mol. The predicted octanol–water partition coefficient (Wildman–Crippen LogP) is 2.21. The number of aromatic nitrogens is 1. The number of methoxy groups -OCH3 is 1. The fourth-order valence-corrected chi connectivity index (χ4v) is 1.31. The number of ether oxygens (including phenoxy) is 1. The molecule has 0 aliphatic carbocycles. The van der Waals surface area contributed by atoms with Gasteiger partial charge in [-0.2, -0.15) is 0 Å². The Balaban J connectivity index is 2.56. The molecule has 0 aliphatic rings. The molecule has 1 aromatic carbocycles. The Bertz CT molecular complexity index is 479. The van der Waals surface area contributed by atoms with Gasteiger partial charge in [-0.05, 0) is 12.1 Å². The number of pyridine rings is 1. The van der Waals surface area contributed by atoms with Crippen LogP contribution in [-0.4, -0.2) is 18.0 Å². The molecule has 1 aromatic heterocycles. The van der Waals surface area contributed by atoms with Crippen molar-refractivity contribution in [3.8, 4) is 0 Å². The summed E-state index contributed by atoms with van der Waals surface area (Å²) < 4.78 is 4.83. The smallest absolute Gasteiger partial charge is 0.214 e. The van der Waals surface area contributed by atoms with Crippen LogP contribution >= 0.6 is 0 Å². The van der Waals surface area contributed by atoms with Crippen LogP contribution in [0.5, 0.6) is 0 Å². The summed E-state index contributed by atoms with van der Waals surface area (Å²) in [5, 5.41) is 8.51. The van der Waals surface area contributed by atoms with Gasteiger partial charge in [-0.1, -0.05) is 18.2 Å². The maximum atomic E-state index is 7.49. The molecule has 3 heteroatoms. The summed E-state index contributed by atoms with van der Waals surface area (Å²) in [5.41, 5.74) is 1.63. The molecule has 0 radical (unpaired) electrons. The van der Waals surface area contributed by atoms with Crippen LogP contribution in [0.15, 0.2) is 36.5 Å². The Labute approximate surface area is 81.9 Å². The Kier molecular flexibility index (Phi) is 2.14. The second-order valence-corrected chi connectivity index (χ2v) is 2.95. The summed E-state index contributed by atoms with van der Waals surface area (Å²) in [6, 6.07) is 9.69. The lowest BCUT2D eigenvalue weighted by Crippen LogP contribution is -2.01. The Morgan fingerprint density at radius 3 is 2.93 bits per heavy atom. The number of benzene rings is 1. The molecular formula is C11H10N2O. The fraction of sp³-hybridized carbons (Fsp3) is 0.0909. The van der Waals surface area contributed by atoms with Gasteiger partial charge >= 0.3 is 0 Å². The minimum absolute atomic E-state index is 0.142. The first-order chi connectivity index (χ1) is 6.81. The molecule has 0 aliphatic heterocycles. The predicted molar refractivity (Wildman–Crippen MR) is 55.6 cm³/mol. The van der Waals surface area contributed by atoms with Crippen molar-refractivity contribution in [2.24, 2.45) is 0 Å². The van der Waals surface area contributed by atoms with Crippen LogP contribution in [0, 0.1) is 5.41 Å². The number of nitrogens with zero attached hydrogens (tertiary/aromatic N) is 1. The van der Waals surface area contributed by atoms with E-state index in [0.29, 0.717) is 5.56 Å². The van der Waals surface area contributed by atoms with E-state index in [-0.39, 0.29) is 5.90 Å². The Hall–Kier alpha value is -1.90. The average molecular weight is 186 g/mol. The molecule has 3 nitrogen and oxygen atoms in total. The van der Waals surface area contributed by atoms with Gasteiger partial charge in [0.1, 0.15) is 0 Å². The van der Waals surface area contributed by atoms with E-state index in [1.165, 1.54) is 7.11 Å². The van der Waals surface area contributed by atoms with Gasteiger partial charge < -0.3 is 4.74 Å². The summed E-state index contributed by atoms with van der Waals surface area (Å²) in [6.45, 7) is 0. The summed E-state index contributed by atoms with van der Waals surface area (Å²) in [4.78, 5) is 4.23. The molecule has 0 atom stereocenters. The van der Waals surface area contributed by atoms with Gasteiger partial charge in [0.15, 0.2) is 0 Å². The number of nitrogens with one attached hydrogen (secondary N) is 1. The molecule has 70 valence electrons. The maximum Gasteiger partial charge on any atom is 0.214 e. The van der Waals surface area contributed by atoms with Crippen LogP contribution in [0.25, 0.3) is 10.9 Å². The lowest BCUT2D eigenvalue weighted by atomic mass is 10.1. The van der Waals surface area contributed by atoms with Crippen LogP contribution in [0.1, 0.15) is 5.56 Å². The third-order valence-corrected chi connectivity index (χ3v) is 2.06. The molecule has 0 fully saturated rings. The summed E-state index contributed by atoms with van der Waals surface area (Å²) in [5.74, 6) is 0.142. The highest BCUT2D eigenvalue weighted by atomic mass is 16.5. The normalized spacial score (nSPS) is 10.1. The lowest BCUT2D eigenvalue weighted by molar-refractivity contribution is 0.401. The molecule has 0 bridgehead atoms. The number of fused-ring (bicyclic) bond motifs is 1. The van der Waals surface area contributed by atoms with Crippen molar-refractivity contribution in [2.75, 3.05) is 7.11 Å². The molecule has 2 aromatic rings. The molecular weight excluding hydrogens is 176 g/mol. The van der Waals surface area contributed by atoms with Gasteiger partial charge in [0, 0.05) is 11.6 Å². The molecule has 0 spiro atoms. The van der Waals surface area contributed by atoms with Crippen molar-refractivity contribution in [1.82, 2.24) is 4.98 Å². The first kappa shape index (κ1) is 8.69. The largest absolute Gasteiger partial charge is 0.481 e. The highest BCUT2D eigenvalue weighted by Gasteiger charge is 2.02. The van der Waals surface area contributed by atoms with Crippen molar-refractivity contribution in [1.29, 1.82) is 5.41 Å². The van der Waals surface area contributed by atoms with E-state index in [4.69, 9.17) is 10.1 Å². The number of hydrogen-bond acceptors (Lipinski definition) is 3. The Morgan fingerprint density at radius 2 is 2.14 bits per heavy atom. The highest BCUT2D eigenvalue weighted by molar-refractivity contribution is 5.95. The average Bonchev–Trinajstić information content (AvgIpc) is 2.27. The van der Waals surface area contributed by atoms with E-state index in [2.05, 4.69) is 4.98 Å². The molecule has 14 heavy (non-hydrogen) atoms. The van der Waals surface area contributed by atoms with Crippen molar-refractivity contribution >= 4 is 16.8 Å². The lowest BCUT2D eigenvalue weighted by Gasteiger charge is -2.02. The van der Waals surface area contributed by atoms with Crippen molar-refractivity contribution in [3.63, 3.8) is 0 Å². The first-order valence-corrected chi connectivity index (χ1v) is 4.29. The second-order valence-electron chi connectivity index (χ2n) is 2.95. The molecule has 0 saturated heterocycles. The van der Waals surface area contributed by atoms with Crippen LogP contribution in [0.2, 0.25) is 0 Å². The van der Waals surface area contributed by atoms with Crippen LogP contribution in [0.4, 0.5) is 0 Å². The van der Waals surface area contributed by atoms with E-state index >= 15 is 0 Å². The second kappa shape index (κ2) is 3.46. The quantitative estimate of drug-likeness (QED) is 0.548. The number of hydrogen-bond donors (Lipinski definition) is 1. The topological polar surface area (TPSA) is 46.0 Å². The van der Waals surface area contributed by atoms with Crippen molar-refractivity contribution in [2.45, 2.75) is 0 Å². The van der Waals surface area contributed by atoms with Crippen LogP contribution in [0.3, 0.4) is 0 Å². The summed E-state index contributed by atoms with van der Waals surface area (Å²) in [6.07, 6.45) is 1.65. The Morgan fingerprint density at radius 1 is 1.36 bits per heavy atom. The van der Waals surface area contributed by atoms with Crippen LogP contribution in [-0.2, 0) is 4.74 Å². The molecule has 1 N–H and O–H groups in total. The summed E-state index contributed by atoms with van der Waals surface area (Å²) >= 11 is 0. The molecule has 0 unspecified atom stereocenters. The molecule has 0 saturated carbocycles. The van der Waals surface area contributed by atoms with E-state index in [1.807, 2.05) is 30.3 Å². The van der Waals surface area contributed by atoms with Gasteiger partial charge in [-0.3, -0.25) is 10.4 Å². The standard InChI is InChI=1S/C11H10N2O/c1-14-11(12)9-6-8-4-2-3-5-10(8)13-7-9/h2-7,12H,1H3. The minimum Gasteiger partial charge on any atom is -0.481 e. The maximum absolute atomic E-state index is 7.49. The fourth-order valence-electron chi connectivity index (χ4n) is 1.31. The first-order valence-electron chi connectivity index (χ1n) is 4.29. The van der Waals surface area contributed by atoms with Gasteiger partial charge in [0.25, 0.3) is 0 Å². The zero-order valence-corrected chi connectivity index (χ0v) is 7.82. The summed E-state index contributed by atoms with van der Waals surface area (Å²) in [7, 11) is 1.48. The zero-order valence-electron chi connectivity index (χ0n) is 7.82. The highest BCUT2D eigenvalue weighted by Crippen LogP contribution is 2.12. The number of rotatable bonds is 1. The van der Waals surface area contributed by atoms with Gasteiger partial charge in [0.05, 0.1) is 18.2 Å². The zero-order chi connectivity index (χ0) is 9.97.